The first-order valence-electron chi connectivity index (χ1n) is 8.15. The van der Waals surface area contributed by atoms with Crippen LogP contribution in [0.4, 0.5) is 0 Å². The Morgan fingerprint density at radius 2 is 1.67 bits per heavy atom. The molecule has 1 saturated heterocycles. The number of unbranched alkanes of at least 4 members (excludes halogenated alkanes) is 7. The van der Waals surface area contributed by atoms with Crippen molar-refractivity contribution in [2.75, 3.05) is 25.5 Å². The normalized spacial score (nSPS) is 21.3. The van der Waals surface area contributed by atoms with Crippen LogP contribution < -0.4 is 0 Å². The van der Waals surface area contributed by atoms with E-state index in [4.69, 9.17) is 11.6 Å². The molecular weight excluding hydrogens is 242 g/mol. The van der Waals surface area contributed by atoms with E-state index in [2.05, 4.69) is 11.8 Å². The van der Waals surface area contributed by atoms with E-state index in [0.29, 0.717) is 0 Å². The summed E-state index contributed by atoms with van der Waals surface area (Å²) in [5.74, 6) is 1.61. The first-order chi connectivity index (χ1) is 8.86. The van der Waals surface area contributed by atoms with Crippen molar-refractivity contribution in [1.29, 1.82) is 0 Å². The monoisotopic (exact) mass is 273 g/mol. The number of halogens is 1. The molecule has 1 rings (SSSR count). The van der Waals surface area contributed by atoms with Crippen molar-refractivity contribution >= 4 is 11.6 Å². The first-order valence-corrected chi connectivity index (χ1v) is 8.68. The Morgan fingerprint density at radius 1 is 1.00 bits per heavy atom. The smallest absolute Gasteiger partial charge is 0.0263 e. The van der Waals surface area contributed by atoms with Crippen molar-refractivity contribution in [3.63, 3.8) is 0 Å². The van der Waals surface area contributed by atoms with E-state index in [9.17, 15) is 0 Å². The van der Waals surface area contributed by atoms with Crippen molar-refractivity contribution in [2.45, 2.75) is 71.1 Å². The fraction of sp³-hybridized carbons (Fsp3) is 1.00. The Kier molecular flexibility index (Phi) is 10.1. The van der Waals surface area contributed by atoms with Gasteiger partial charge in [-0.05, 0) is 38.3 Å². The number of rotatable bonds is 10. The third-order valence-corrected chi connectivity index (χ3v) is 4.59. The molecule has 0 N–H and O–H groups in total. The van der Waals surface area contributed by atoms with Crippen LogP contribution in [0.15, 0.2) is 0 Å². The Bertz CT molecular complexity index is 184. The minimum absolute atomic E-state index is 0.759. The highest BCUT2D eigenvalue weighted by Gasteiger charge is 2.18. The van der Waals surface area contributed by atoms with Gasteiger partial charge in [-0.3, -0.25) is 0 Å². The molecule has 0 spiro atoms. The van der Waals surface area contributed by atoms with Gasteiger partial charge in [-0.25, -0.2) is 0 Å². The van der Waals surface area contributed by atoms with Gasteiger partial charge in [0.2, 0.25) is 0 Å². The lowest BCUT2D eigenvalue weighted by Gasteiger charge is -2.31. The Balaban J connectivity index is 1.88. The van der Waals surface area contributed by atoms with Gasteiger partial charge in [0, 0.05) is 12.4 Å². The molecule has 0 amide bonds. The lowest BCUT2D eigenvalue weighted by molar-refractivity contribution is 0.182. The van der Waals surface area contributed by atoms with Gasteiger partial charge in [-0.1, -0.05) is 51.9 Å². The summed E-state index contributed by atoms with van der Waals surface area (Å²) in [7, 11) is 0. The third kappa shape index (κ3) is 7.63. The summed E-state index contributed by atoms with van der Waals surface area (Å²) in [5, 5.41) is 0. The predicted molar refractivity (Wildman–Crippen MR) is 82.5 cm³/mol. The minimum Gasteiger partial charge on any atom is -0.303 e. The summed E-state index contributed by atoms with van der Waals surface area (Å²) >= 11 is 5.96. The van der Waals surface area contributed by atoms with E-state index < -0.39 is 0 Å². The fourth-order valence-corrected chi connectivity index (χ4v) is 3.20. The fourth-order valence-electron chi connectivity index (χ4n) is 2.95. The zero-order chi connectivity index (χ0) is 13.1. The van der Waals surface area contributed by atoms with Gasteiger partial charge in [0.05, 0.1) is 0 Å². The average Bonchev–Trinajstić information content (AvgIpc) is 2.42. The molecule has 1 nitrogen and oxygen atoms in total. The predicted octanol–water partition coefficient (Wildman–Crippen LogP) is 5.08. The Labute approximate surface area is 119 Å². The lowest BCUT2D eigenvalue weighted by Crippen LogP contribution is -2.36. The average molecular weight is 274 g/mol. The zero-order valence-corrected chi connectivity index (χ0v) is 13.1. The molecule has 0 aromatic carbocycles. The van der Waals surface area contributed by atoms with Gasteiger partial charge in [-0.15, -0.1) is 11.6 Å². The number of alkyl halides is 1. The molecule has 1 atom stereocenters. The molecule has 1 heterocycles. The summed E-state index contributed by atoms with van der Waals surface area (Å²) in [6, 6.07) is 0. The third-order valence-electron chi connectivity index (χ3n) is 4.15. The highest BCUT2D eigenvalue weighted by Crippen LogP contribution is 2.18. The van der Waals surface area contributed by atoms with Crippen molar-refractivity contribution in [3.8, 4) is 0 Å². The maximum absolute atomic E-state index is 5.96. The molecule has 0 aromatic heterocycles. The molecule has 1 aliphatic heterocycles. The molecule has 1 aliphatic rings. The standard InChI is InChI=1S/C16H32ClN/c1-2-3-4-5-6-7-8-9-12-18-13-10-11-16(14-17)15-18/h16H,2-15H2,1H3. The molecule has 0 aromatic rings. The summed E-state index contributed by atoms with van der Waals surface area (Å²) in [4.78, 5) is 2.63. The van der Waals surface area contributed by atoms with Gasteiger partial charge in [0.1, 0.15) is 0 Å². The van der Waals surface area contributed by atoms with Crippen LogP contribution in [0, 0.1) is 5.92 Å². The quantitative estimate of drug-likeness (QED) is 0.396. The van der Waals surface area contributed by atoms with Gasteiger partial charge < -0.3 is 4.90 Å². The molecule has 0 bridgehead atoms. The van der Waals surface area contributed by atoms with Crippen molar-refractivity contribution in [3.05, 3.63) is 0 Å². The first kappa shape index (κ1) is 16.3. The molecule has 18 heavy (non-hydrogen) atoms. The van der Waals surface area contributed by atoms with Crippen LogP contribution in [-0.4, -0.2) is 30.4 Å². The van der Waals surface area contributed by atoms with Crippen LogP contribution in [-0.2, 0) is 0 Å². The van der Waals surface area contributed by atoms with E-state index in [-0.39, 0.29) is 0 Å². The van der Waals surface area contributed by atoms with E-state index in [1.165, 1.54) is 83.8 Å². The number of nitrogens with zero attached hydrogens (tertiary/aromatic N) is 1. The lowest BCUT2D eigenvalue weighted by atomic mass is 9.99. The van der Waals surface area contributed by atoms with Crippen molar-refractivity contribution in [2.24, 2.45) is 5.92 Å². The molecule has 0 aliphatic carbocycles. The van der Waals surface area contributed by atoms with E-state index in [1.54, 1.807) is 0 Å². The van der Waals surface area contributed by atoms with Gasteiger partial charge in [-0.2, -0.15) is 0 Å². The summed E-state index contributed by atoms with van der Waals surface area (Å²) in [6.45, 7) is 6.15. The molecule has 0 saturated carbocycles. The molecule has 0 radical (unpaired) electrons. The second-order valence-corrected chi connectivity index (χ2v) is 6.25. The van der Waals surface area contributed by atoms with Crippen LogP contribution in [0.2, 0.25) is 0 Å². The molecular formula is C16H32ClN. The number of hydrogen-bond donors (Lipinski definition) is 0. The molecule has 108 valence electrons. The van der Waals surface area contributed by atoms with Crippen molar-refractivity contribution in [1.82, 2.24) is 4.90 Å². The van der Waals surface area contributed by atoms with Crippen LogP contribution in [0.5, 0.6) is 0 Å². The van der Waals surface area contributed by atoms with E-state index >= 15 is 0 Å². The largest absolute Gasteiger partial charge is 0.303 e. The summed E-state index contributed by atoms with van der Waals surface area (Å²) < 4.78 is 0. The molecule has 1 unspecified atom stereocenters. The van der Waals surface area contributed by atoms with E-state index in [0.717, 1.165) is 11.8 Å². The number of hydrogen-bond acceptors (Lipinski definition) is 1. The molecule has 2 heteroatoms. The minimum atomic E-state index is 0.759. The highest BCUT2D eigenvalue weighted by molar-refractivity contribution is 6.18. The van der Waals surface area contributed by atoms with Crippen LogP contribution in [0.1, 0.15) is 71.1 Å². The Morgan fingerprint density at radius 3 is 2.33 bits per heavy atom. The maximum atomic E-state index is 5.96. The topological polar surface area (TPSA) is 3.24 Å². The summed E-state index contributed by atoms with van der Waals surface area (Å²) in [5.41, 5.74) is 0. The number of likely N-dealkylation sites (tertiary alicyclic amines) is 1. The second kappa shape index (κ2) is 11.1. The van der Waals surface area contributed by atoms with Crippen molar-refractivity contribution < 1.29 is 0 Å². The maximum Gasteiger partial charge on any atom is 0.0263 e. The Hall–Kier alpha value is 0.250. The van der Waals surface area contributed by atoms with E-state index in [1.807, 2.05) is 0 Å². The summed E-state index contributed by atoms with van der Waals surface area (Å²) in [6.07, 6.45) is 14.1. The van der Waals surface area contributed by atoms with Crippen LogP contribution in [0.3, 0.4) is 0 Å². The van der Waals surface area contributed by atoms with Gasteiger partial charge >= 0.3 is 0 Å². The van der Waals surface area contributed by atoms with Crippen LogP contribution in [0.25, 0.3) is 0 Å². The SMILES string of the molecule is CCCCCCCCCCN1CCCC(CCl)C1. The zero-order valence-electron chi connectivity index (χ0n) is 12.3. The van der Waals surface area contributed by atoms with Crippen LogP contribution >= 0.6 is 11.6 Å². The van der Waals surface area contributed by atoms with Gasteiger partial charge in [0.15, 0.2) is 0 Å². The second-order valence-electron chi connectivity index (χ2n) is 5.94. The number of piperidine rings is 1. The molecule has 1 fully saturated rings. The highest BCUT2D eigenvalue weighted by atomic mass is 35.5. The van der Waals surface area contributed by atoms with Gasteiger partial charge in [0.25, 0.3) is 0 Å².